The lowest BCUT2D eigenvalue weighted by Gasteiger charge is -2.18. The third kappa shape index (κ3) is 5.58. The van der Waals surface area contributed by atoms with Crippen molar-refractivity contribution in [3.05, 3.63) is 82.3 Å². The van der Waals surface area contributed by atoms with E-state index >= 15 is 4.39 Å². The van der Waals surface area contributed by atoms with E-state index < -0.39 is 48.0 Å². The largest absolute Gasteiger partial charge is 0.289 e. The highest BCUT2D eigenvalue weighted by Gasteiger charge is 2.21. The van der Waals surface area contributed by atoms with Crippen LogP contribution in [0, 0.1) is 11.6 Å². The topological polar surface area (TPSA) is 128 Å². The predicted molar refractivity (Wildman–Crippen MR) is 140 cm³/mol. The Kier molecular flexibility index (Phi) is 7.35. The summed E-state index contributed by atoms with van der Waals surface area (Å²) in [5.74, 6) is -2.34. The summed E-state index contributed by atoms with van der Waals surface area (Å²) in [6.45, 7) is 3.61. The van der Waals surface area contributed by atoms with Crippen molar-refractivity contribution in [2.24, 2.45) is 0 Å². The molecule has 9 nitrogen and oxygen atoms in total. The van der Waals surface area contributed by atoms with E-state index in [1.165, 1.54) is 47.2 Å². The zero-order valence-electron chi connectivity index (χ0n) is 20.6. The maximum atomic E-state index is 15.0. The highest BCUT2D eigenvalue weighted by Crippen LogP contribution is 2.27. The van der Waals surface area contributed by atoms with Crippen molar-refractivity contribution in [2.75, 3.05) is 11.0 Å². The number of benzene rings is 2. The molecular weight excluding hydrogens is 538 g/mol. The molecule has 1 N–H and O–H groups in total. The molecule has 200 valence electrons. The summed E-state index contributed by atoms with van der Waals surface area (Å²) in [5.41, 5.74) is -0.586. The number of sulfone groups is 1. The molecule has 2 aromatic carbocycles. The lowest BCUT2D eigenvalue weighted by Crippen LogP contribution is -2.26. The molecule has 0 spiro atoms. The van der Waals surface area contributed by atoms with E-state index in [-0.39, 0.29) is 34.1 Å². The van der Waals surface area contributed by atoms with Gasteiger partial charge >= 0.3 is 0 Å². The van der Waals surface area contributed by atoms with Crippen LogP contribution in [0.3, 0.4) is 0 Å². The molecule has 2 aromatic heterocycles. The second kappa shape index (κ2) is 10.2. The number of nitrogens with zero attached hydrogens (tertiary/aromatic N) is 3. The SMILES string of the molecule is CC[C@@H](C)n1c(=O)c(-c2ccc(NS(=O)(=O)Cc3ccccc3F)c(F)c2)cc2cnc(S(C)(=O)=O)nc21. The second-order valence-electron chi connectivity index (χ2n) is 8.84. The fourth-order valence-corrected chi connectivity index (χ4v) is 5.58. The van der Waals surface area contributed by atoms with Gasteiger partial charge in [-0.2, -0.15) is 4.98 Å². The molecule has 4 rings (SSSR count). The highest BCUT2D eigenvalue weighted by molar-refractivity contribution is 7.92. The molecule has 38 heavy (non-hydrogen) atoms. The summed E-state index contributed by atoms with van der Waals surface area (Å²) < 4.78 is 81.4. The standard InChI is InChI=1S/C25H24F2N4O5S2/c1-4-15(2)31-23-18(13-28-25(29-23)37(3,33)34)11-19(24(31)32)16-9-10-22(21(27)12-16)30-38(35,36)14-17-7-5-6-8-20(17)26/h5-13,15,30H,4,14H2,1-3H3/t15-/m1/s1. The first kappa shape index (κ1) is 27.3. The Bertz CT molecular complexity index is 1820. The lowest BCUT2D eigenvalue weighted by atomic mass is 10.0. The van der Waals surface area contributed by atoms with Gasteiger partial charge in [0.1, 0.15) is 17.3 Å². The average molecular weight is 563 g/mol. The first-order valence-electron chi connectivity index (χ1n) is 11.5. The zero-order valence-corrected chi connectivity index (χ0v) is 22.3. The fraction of sp³-hybridized carbons (Fsp3) is 0.240. The van der Waals surface area contributed by atoms with Crippen molar-refractivity contribution < 1.29 is 25.6 Å². The molecule has 0 aliphatic rings. The second-order valence-corrected chi connectivity index (χ2v) is 12.5. The van der Waals surface area contributed by atoms with Crippen molar-refractivity contribution in [1.29, 1.82) is 0 Å². The molecule has 0 saturated carbocycles. The number of anilines is 1. The van der Waals surface area contributed by atoms with Crippen LogP contribution in [0.5, 0.6) is 0 Å². The van der Waals surface area contributed by atoms with Crippen LogP contribution in [-0.4, -0.2) is 37.6 Å². The molecule has 0 aliphatic carbocycles. The van der Waals surface area contributed by atoms with Crippen LogP contribution in [-0.2, 0) is 25.6 Å². The first-order chi connectivity index (χ1) is 17.8. The Morgan fingerprint density at radius 3 is 2.37 bits per heavy atom. The number of nitrogens with one attached hydrogen (secondary N) is 1. The zero-order chi connectivity index (χ0) is 27.8. The number of hydrogen-bond donors (Lipinski definition) is 1. The average Bonchev–Trinajstić information content (AvgIpc) is 2.85. The van der Waals surface area contributed by atoms with E-state index in [0.29, 0.717) is 11.8 Å². The normalized spacial score (nSPS) is 13.0. The maximum absolute atomic E-state index is 15.0. The van der Waals surface area contributed by atoms with Gasteiger partial charge in [0.25, 0.3) is 5.56 Å². The molecule has 0 amide bonds. The van der Waals surface area contributed by atoms with Gasteiger partial charge in [0, 0.05) is 35.0 Å². The van der Waals surface area contributed by atoms with Crippen LogP contribution in [0.1, 0.15) is 31.9 Å². The number of fused-ring (bicyclic) bond motifs is 1. The van der Waals surface area contributed by atoms with Gasteiger partial charge in [-0.05, 0) is 43.2 Å². The Labute approximate surface area is 218 Å². The van der Waals surface area contributed by atoms with Crippen LogP contribution in [0.2, 0.25) is 0 Å². The van der Waals surface area contributed by atoms with E-state index in [1.54, 1.807) is 6.92 Å². The Morgan fingerprint density at radius 2 is 1.74 bits per heavy atom. The third-order valence-electron chi connectivity index (χ3n) is 5.96. The van der Waals surface area contributed by atoms with Gasteiger partial charge in [0.05, 0.1) is 11.4 Å². The van der Waals surface area contributed by atoms with E-state index in [4.69, 9.17) is 0 Å². The van der Waals surface area contributed by atoms with Crippen LogP contribution >= 0.6 is 0 Å². The molecule has 4 aromatic rings. The summed E-state index contributed by atoms with van der Waals surface area (Å²) in [6.07, 6.45) is 2.76. The quantitative estimate of drug-likeness (QED) is 0.321. The number of halogens is 2. The van der Waals surface area contributed by atoms with Gasteiger partial charge in [-0.3, -0.25) is 14.1 Å². The van der Waals surface area contributed by atoms with E-state index in [0.717, 1.165) is 18.4 Å². The minimum Gasteiger partial charge on any atom is -0.289 e. The van der Waals surface area contributed by atoms with Gasteiger partial charge in [-0.15, -0.1) is 0 Å². The Hall–Kier alpha value is -3.71. The molecule has 0 fully saturated rings. The van der Waals surface area contributed by atoms with Gasteiger partial charge in [0.15, 0.2) is 0 Å². The summed E-state index contributed by atoms with van der Waals surface area (Å²) in [6, 6.07) is 9.98. The van der Waals surface area contributed by atoms with Crippen molar-refractivity contribution >= 4 is 36.6 Å². The van der Waals surface area contributed by atoms with Gasteiger partial charge in [-0.1, -0.05) is 31.2 Å². The molecular formula is C25H24F2N4O5S2. The van der Waals surface area contributed by atoms with Gasteiger partial charge < -0.3 is 0 Å². The predicted octanol–water partition coefficient (Wildman–Crippen LogP) is 4.05. The summed E-state index contributed by atoms with van der Waals surface area (Å²) in [7, 11) is -7.88. The third-order valence-corrected chi connectivity index (χ3v) is 8.05. The van der Waals surface area contributed by atoms with Crippen molar-refractivity contribution in [3.8, 4) is 11.1 Å². The minimum absolute atomic E-state index is 0.0694. The van der Waals surface area contributed by atoms with E-state index in [9.17, 15) is 26.0 Å². The lowest BCUT2D eigenvalue weighted by molar-refractivity contribution is 0.526. The number of aromatic nitrogens is 3. The molecule has 2 heterocycles. The van der Waals surface area contributed by atoms with Crippen LogP contribution < -0.4 is 10.3 Å². The molecule has 0 radical (unpaired) electrons. The fourth-order valence-electron chi connectivity index (χ4n) is 3.87. The highest BCUT2D eigenvalue weighted by atomic mass is 32.2. The van der Waals surface area contributed by atoms with Crippen molar-refractivity contribution in [1.82, 2.24) is 14.5 Å². The molecule has 1 atom stereocenters. The van der Waals surface area contributed by atoms with E-state index in [2.05, 4.69) is 14.7 Å². The summed E-state index contributed by atoms with van der Waals surface area (Å²) in [4.78, 5) is 21.5. The Balaban J connectivity index is 1.76. The molecule has 0 aliphatic heterocycles. The summed E-state index contributed by atoms with van der Waals surface area (Å²) in [5, 5.41) is -0.0605. The number of sulfonamides is 1. The van der Waals surface area contributed by atoms with Crippen molar-refractivity contribution in [2.45, 2.75) is 37.2 Å². The smallest absolute Gasteiger partial charge is 0.260 e. The molecule has 0 saturated heterocycles. The number of pyridine rings is 1. The minimum atomic E-state index is -4.15. The monoisotopic (exact) mass is 562 g/mol. The maximum Gasteiger partial charge on any atom is 0.260 e. The Morgan fingerprint density at radius 1 is 1.03 bits per heavy atom. The van der Waals surface area contributed by atoms with Crippen LogP contribution in [0.15, 0.2) is 64.7 Å². The van der Waals surface area contributed by atoms with Crippen molar-refractivity contribution in [3.63, 3.8) is 0 Å². The van der Waals surface area contributed by atoms with Gasteiger partial charge in [-0.25, -0.2) is 30.6 Å². The first-order valence-corrected chi connectivity index (χ1v) is 15.0. The summed E-state index contributed by atoms with van der Waals surface area (Å²) >= 11 is 0. The molecule has 13 heteroatoms. The molecule has 0 unspecified atom stereocenters. The van der Waals surface area contributed by atoms with E-state index in [1.807, 2.05) is 6.92 Å². The number of rotatable bonds is 8. The van der Waals surface area contributed by atoms with Gasteiger partial charge in [0.2, 0.25) is 25.0 Å². The number of hydrogen-bond acceptors (Lipinski definition) is 7. The van der Waals surface area contributed by atoms with Crippen LogP contribution in [0.25, 0.3) is 22.2 Å². The van der Waals surface area contributed by atoms with Crippen LogP contribution in [0.4, 0.5) is 14.5 Å². The molecule has 0 bridgehead atoms.